The maximum atomic E-state index is 12.1. The summed E-state index contributed by atoms with van der Waals surface area (Å²) in [6.07, 6.45) is 11.6. The van der Waals surface area contributed by atoms with E-state index in [0.29, 0.717) is 5.57 Å². The Morgan fingerprint density at radius 1 is 1.25 bits per heavy atom. The van der Waals surface area contributed by atoms with Crippen molar-refractivity contribution in [3.8, 4) is 0 Å². The van der Waals surface area contributed by atoms with Gasteiger partial charge in [0, 0.05) is 29.6 Å². The van der Waals surface area contributed by atoms with E-state index < -0.39 is 5.97 Å². The number of benzene rings is 1. The van der Waals surface area contributed by atoms with Gasteiger partial charge in [0.15, 0.2) is 0 Å². The van der Waals surface area contributed by atoms with Gasteiger partial charge in [-0.2, -0.15) is 0 Å². The lowest BCUT2D eigenvalue weighted by Gasteiger charge is -2.43. The Morgan fingerprint density at radius 2 is 2.04 bits per heavy atom. The molecular weight excluding hydrogens is 298 g/mol. The molecule has 3 aliphatic rings. The number of rotatable bonds is 3. The molecule has 3 nitrogen and oxygen atoms in total. The second-order valence-corrected chi connectivity index (χ2v) is 7.29. The van der Waals surface area contributed by atoms with Crippen LogP contribution in [0.5, 0.6) is 0 Å². The summed E-state index contributed by atoms with van der Waals surface area (Å²) < 4.78 is 0. The number of carboxylic acids is 1. The summed E-state index contributed by atoms with van der Waals surface area (Å²) in [4.78, 5) is 14.5. The van der Waals surface area contributed by atoms with E-state index in [0.717, 1.165) is 37.1 Å². The third-order valence-electron chi connectivity index (χ3n) is 5.78. The van der Waals surface area contributed by atoms with E-state index in [2.05, 4.69) is 48.3 Å². The zero-order valence-electron chi connectivity index (χ0n) is 14.0. The minimum atomic E-state index is -0.757. The number of carbonyl (C=O) groups is 1. The Hall–Kier alpha value is -2.29. The van der Waals surface area contributed by atoms with Crippen LogP contribution in [-0.2, 0) is 4.79 Å². The van der Waals surface area contributed by atoms with Crippen molar-refractivity contribution >= 4 is 5.97 Å². The fourth-order valence-electron chi connectivity index (χ4n) is 4.77. The lowest BCUT2D eigenvalue weighted by atomic mass is 9.69. The summed E-state index contributed by atoms with van der Waals surface area (Å²) in [6.45, 7) is 3.24. The molecule has 0 saturated carbocycles. The molecule has 24 heavy (non-hydrogen) atoms. The fraction of sp³-hybridized carbons (Fsp3) is 0.381. The smallest absolute Gasteiger partial charge is 0.334 e. The van der Waals surface area contributed by atoms with Crippen LogP contribution in [0, 0.1) is 5.41 Å². The van der Waals surface area contributed by atoms with Crippen LogP contribution < -0.4 is 0 Å². The number of nitrogens with zero attached hydrogens (tertiary/aromatic N) is 1. The minimum Gasteiger partial charge on any atom is -0.478 e. The lowest BCUT2D eigenvalue weighted by molar-refractivity contribution is -0.133. The fourth-order valence-corrected chi connectivity index (χ4v) is 4.77. The summed E-state index contributed by atoms with van der Waals surface area (Å²) in [6, 6.07) is 10.3. The minimum absolute atomic E-state index is 0.0535. The van der Waals surface area contributed by atoms with Crippen LogP contribution >= 0.6 is 0 Å². The van der Waals surface area contributed by atoms with E-state index in [1.807, 2.05) is 18.2 Å². The number of allylic oxidation sites excluding steroid dienone is 4. The molecule has 2 heterocycles. The van der Waals surface area contributed by atoms with Crippen molar-refractivity contribution in [3.05, 3.63) is 71.5 Å². The molecule has 1 aromatic rings. The van der Waals surface area contributed by atoms with Crippen molar-refractivity contribution in [2.45, 2.75) is 38.1 Å². The summed E-state index contributed by atoms with van der Waals surface area (Å²) in [5.41, 5.74) is 2.74. The molecular formula is C21H23NO2. The monoisotopic (exact) mass is 321 g/mol. The van der Waals surface area contributed by atoms with Crippen molar-refractivity contribution in [1.29, 1.82) is 0 Å². The summed E-state index contributed by atoms with van der Waals surface area (Å²) in [5.74, 6) is -0.827. The molecule has 1 aromatic carbocycles. The molecule has 0 aromatic heterocycles. The van der Waals surface area contributed by atoms with E-state index in [1.54, 1.807) is 0 Å². The Bertz CT molecular complexity index is 746. The molecule has 0 amide bonds. The van der Waals surface area contributed by atoms with Crippen LogP contribution in [0.15, 0.2) is 65.9 Å². The average molecular weight is 321 g/mol. The van der Waals surface area contributed by atoms with E-state index in [9.17, 15) is 9.90 Å². The average Bonchev–Trinajstić information content (AvgIpc) is 3.15. The molecule has 0 radical (unpaired) electrons. The Kier molecular flexibility index (Phi) is 3.60. The van der Waals surface area contributed by atoms with E-state index >= 15 is 0 Å². The lowest BCUT2D eigenvalue weighted by Crippen LogP contribution is -2.44. The zero-order valence-corrected chi connectivity index (χ0v) is 14.0. The normalized spacial score (nSPS) is 31.6. The molecule has 1 fully saturated rings. The van der Waals surface area contributed by atoms with Gasteiger partial charge in [-0.15, -0.1) is 0 Å². The van der Waals surface area contributed by atoms with Crippen LogP contribution in [0.3, 0.4) is 0 Å². The highest BCUT2D eigenvalue weighted by Gasteiger charge is 2.52. The molecule has 1 N–H and O–H groups in total. The van der Waals surface area contributed by atoms with Crippen LogP contribution in [0.25, 0.3) is 0 Å². The second kappa shape index (κ2) is 5.66. The number of fused-ring (bicyclic) bond motifs is 1. The molecule has 0 spiro atoms. The van der Waals surface area contributed by atoms with Gasteiger partial charge in [-0.1, -0.05) is 61.6 Å². The van der Waals surface area contributed by atoms with Gasteiger partial charge in [0.25, 0.3) is 0 Å². The first-order valence-electron chi connectivity index (χ1n) is 8.74. The first-order valence-corrected chi connectivity index (χ1v) is 8.74. The van der Waals surface area contributed by atoms with Gasteiger partial charge in [0.2, 0.25) is 0 Å². The standard InChI is InChI=1S/C21H23NO2/c1-21(12-6-3-7-13-21)19-17(15-9-4-2-5-10-15)18(20(23)24)16-11-8-14-22(16)19/h2-7,9-10,12,17,19H,8,11,13-14H2,1H3,(H,23,24). The van der Waals surface area contributed by atoms with Gasteiger partial charge in [0.05, 0.1) is 5.57 Å². The Labute approximate surface area is 143 Å². The molecule has 2 aliphatic heterocycles. The molecule has 3 heteroatoms. The van der Waals surface area contributed by atoms with Crippen molar-refractivity contribution in [3.63, 3.8) is 0 Å². The molecule has 124 valence electrons. The highest BCUT2D eigenvalue weighted by molar-refractivity contribution is 5.90. The van der Waals surface area contributed by atoms with Gasteiger partial charge >= 0.3 is 5.97 Å². The number of aliphatic carboxylic acids is 1. The SMILES string of the molecule is CC1(C2C(c3ccccc3)C(C(=O)O)=C3CCCN32)C=CC=CC1. The highest BCUT2D eigenvalue weighted by atomic mass is 16.4. The van der Waals surface area contributed by atoms with Crippen molar-refractivity contribution < 1.29 is 9.90 Å². The number of hydrogen-bond acceptors (Lipinski definition) is 2. The van der Waals surface area contributed by atoms with Gasteiger partial charge in [-0.05, 0) is 24.8 Å². The maximum Gasteiger partial charge on any atom is 0.334 e. The first-order chi connectivity index (χ1) is 11.6. The molecule has 1 aliphatic carbocycles. The van der Waals surface area contributed by atoms with Crippen LogP contribution in [0.2, 0.25) is 0 Å². The highest BCUT2D eigenvalue weighted by Crippen LogP contribution is 2.53. The van der Waals surface area contributed by atoms with Gasteiger partial charge in [-0.3, -0.25) is 0 Å². The third-order valence-corrected chi connectivity index (χ3v) is 5.78. The predicted molar refractivity (Wildman–Crippen MR) is 94.6 cm³/mol. The first kappa shape index (κ1) is 15.3. The van der Waals surface area contributed by atoms with E-state index in [4.69, 9.17) is 0 Å². The van der Waals surface area contributed by atoms with Crippen LogP contribution in [-0.4, -0.2) is 28.6 Å². The van der Waals surface area contributed by atoms with Gasteiger partial charge in [-0.25, -0.2) is 4.79 Å². The zero-order chi connectivity index (χ0) is 16.7. The predicted octanol–water partition coefficient (Wildman–Crippen LogP) is 4.11. The van der Waals surface area contributed by atoms with Crippen molar-refractivity contribution in [1.82, 2.24) is 4.90 Å². The Balaban J connectivity index is 1.87. The van der Waals surface area contributed by atoms with E-state index in [-0.39, 0.29) is 17.4 Å². The summed E-state index contributed by atoms with van der Waals surface area (Å²) in [5, 5.41) is 9.98. The topological polar surface area (TPSA) is 40.5 Å². The quantitative estimate of drug-likeness (QED) is 0.911. The molecule has 0 bridgehead atoms. The van der Waals surface area contributed by atoms with Crippen molar-refractivity contribution in [2.24, 2.45) is 5.41 Å². The molecule has 1 saturated heterocycles. The number of carboxylic acid groups (broad SMARTS) is 1. The molecule has 3 atom stereocenters. The van der Waals surface area contributed by atoms with Gasteiger partial charge < -0.3 is 10.0 Å². The summed E-state index contributed by atoms with van der Waals surface area (Å²) >= 11 is 0. The van der Waals surface area contributed by atoms with E-state index in [1.165, 1.54) is 0 Å². The van der Waals surface area contributed by atoms with Crippen LogP contribution in [0.4, 0.5) is 0 Å². The van der Waals surface area contributed by atoms with Gasteiger partial charge in [0.1, 0.15) is 0 Å². The molecule has 3 unspecified atom stereocenters. The number of hydrogen-bond donors (Lipinski definition) is 1. The Morgan fingerprint density at radius 3 is 2.71 bits per heavy atom. The maximum absolute atomic E-state index is 12.1. The van der Waals surface area contributed by atoms with Crippen LogP contribution in [0.1, 0.15) is 37.7 Å². The summed E-state index contributed by atoms with van der Waals surface area (Å²) in [7, 11) is 0. The largest absolute Gasteiger partial charge is 0.478 e. The molecule has 4 rings (SSSR count). The second-order valence-electron chi connectivity index (χ2n) is 7.29. The third kappa shape index (κ3) is 2.22. The van der Waals surface area contributed by atoms with Crippen molar-refractivity contribution in [2.75, 3.05) is 6.54 Å².